The van der Waals surface area contributed by atoms with Crippen LogP contribution in [0, 0.1) is 0 Å². The lowest BCUT2D eigenvalue weighted by atomic mass is 10.0. The Kier molecular flexibility index (Phi) is 3.64. The van der Waals surface area contributed by atoms with Gasteiger partial charge in [0.2, 0.25) is 5.82 Å². The topological polar surface area (TPSA) is 30.2 Å². The highest BCUT2D eigenvalue weighted by Gasteiger charge is 2.36. The second-order valence-electron chi connectivity index (χ2n) is 5.30. The Morgan fingerprint density at radius 1 is 0.957 bits per heavy atom. The van der Waals surface area contributed by atoms with E-state index in [-0.39, 0.29) is 5.65 Å². The lowest BCUT2D eigenvalue weighted by Gasteiger charge is -2.14. The highest BCUT2D eigenvalue weighted by molar-refractivity contribution is 7.18. The SMILES string of the molecule is CC(F)(P)c1ccc(-c2cnc3cnc(C(F)(F)F)n3c2)cc1. The van der Waals surface area contributed by atoms with E-state index < -0.39 is 17.4 Å². The number of hydrogen-bond acceptors (Lipinski definition) is 2. The van der Waals surface area contributed by atoms with Gasteiger partial charge in [0.05, 0.1) is 6.20 Å². The molecule has 0 aliphatic rings. The van der Waals surface area contributed by atoms with Crippen molar-refractivity contribution in [3.8, 4) is 11.1 Å². The van der Waals surface area contributed by atoms with E-state index in [1.807, 2.05) is 0 Å². The first-order valence-corrected chi connectivity index (χ1v) is 7.23. The number of halogens is 4. The highest BCUT2D eigenvalue weighted by atomic mass is 31.0. The zero-order valence-corrected chi connectivity index (χ0v) is 13.1. The van der Waals surface area contributed by atoms with Gasteiger partial charge >= 0.3 is 6.18 Å². The minimum atomic E-state index is -4.56. The van der Waals surface area contributed by atoms with Gasteiger partial charge < -0.3 is 0 Å². The molecule has 0 amide bonds. The number of hydrogen-bond donors (Lipinski definition) is 0. The van der Waals surface area contributed by atoms with Crippen LogP contribution in [0.25, 0.3) is 16.8 Å². The molecular formula is C15H12F4N3P. The predicted molar refractivity (Wildman–Crippen MR) is 81.6 cm³/mol. The number of aromatic nitrogens is 3. The highest BCUT2D eigenvalue weighted by Crippen LogP contribution is 2.34. The summed E-state index contributed by atoms with van der Waals surface area (Å²) in [6.45, 7) is 1.40. The molecule has 0 spiro atoms. The summed E-state index contributed by atoms with van der Waals surface area (Å²) in [5.41, 5.74) is 1.69. The maximum absolute atomic E-state index is 13.8. The summed E-state index contributed by atoms with van der Waals surface area (Å²) in [5.74, 6) is -1.03. The normalized spacial score (nSPS) is 14.9. The van der Waals surface area contributed by atoms with Crippen LogP contribution in [-0.4, -0.2) is 14.4 Å². The van der Waals surface area contributed by atoms with Gasteiger partial charge in [0, 0.05) is 18.0 Å². The first kappa shape index (κ1) is 15.9. The fraction of sp³-hybridized carbons (Fsp3) is 0.200. The van der Waals surface area contributed by atoms with Crippen molar-refractivity contribution in [2.75, 3.05) is 0 Å². The zero-order valence-electron chi connectivity index (χ0n) is 12.0. The van der Waals surface area contributed by atoms with Crippen LogP contribution in [-0.2, 0) is 11.6 Å². The van der Waals surface area contributed by atoms with Gasteiger partial charge in [-0.1, -0.05) is 33.5 Å². The Bertz CT molecular complexity index is 848. The molecular weight excluding hydrogens is 329 g/mol. The molecule has 0 fully saturated rings. The van der Waals surface area contributed by atoms with E-state index in [0.717, 1.165) is 10.6 Å². The van der Waals surface area contributed by atoms with Crippen molar-refractivity contribution in [2.45, 2.75) is 18.5 Å². The Morgan fingerprint density at radius 2 is 1.61 bits per heavy atom. The van der Waals surface area contributed by atoms with E-state index in [9.17, 15) is 17.6 Å². The molecule has 3 rings (SSSR count). The van der Waals surface area contributed by atoms with E-state index in [2.05, 4.69) is 19.2 Å². The second-order valence-corrected chi connectivity index (χ2v) is 6.39. The largest absolute Gasteiger partial charge is 0.450 e. The van der Waals surface area contributed by atoms with Crippen LogP contribution in [0.4, 0.5) is 17.6 Å². The number of fused-ring (bicyclic) bond motifs is 1. The molecule has 120 valence electrons. The molecule has 0 aliphatic heterocycles. The van der Waals surface area contributed by atoms with Crippen molar-refractivity contribution in [2.24, 2.45) is 0 Å². The number of rotatable bonds is 2. The predicted octanol–water partition coefficient (Wildman–Crippen LogP) is 4.43. The smallest absolute Gasteiger partial charge is 0.280 e. The van der Waals surface area contributed by atoms with Crippen LogP contribution < -0.4 is 0 Å². The van der Waals surface area contributed by atoms with Crippen molar-refractivity contribution in [3.05, 3.63) is 54.2 Å². The summed E-state index contributed by atoms with van der Waals surface area (Å²) in [4.78, 5) is 7.36. The molecule has 1 aromatic carbocycles. The lowest BCUT2D eigenvalue weighted by molar-refractivity contribution is -0.145. The minimum Gasteiger partial charge on any atom is -0.280 e. The Morgan fingerprint density at radius 3 is 2.17 bits per heavy atom. The van der Waals surface area contributed by atoms with Gasteiger partial charge in [-0.3, -0.25) is 4.40 Å². The minimum absolute atomic E-state index is 0.110. The molecule has 0 saturated heterocycles. The first-order chi connectivity index (χ1) is 10.7. The van der Waals surface area contributed by atoms with E-state index in [4.69, 9.17) is 0 Å². The van der Waals surface area contributed by atoms with Crippen molar-refractivity contribution < 1.29 is 17.6 Å². The standard InChI is InChI=1S/C15H12F4N3P/c1-14(16,23)11-4-2-9(3-5-11)10-6-20-12-7-21-13(15(17,18)19)22(12)8-10/h2-8H,23H2,1H3. The van der Waals surface area contributed by atoms with E-state index in [1.54, 1.807) is 24.3 Å². The Labute approximate surface area is 131 Å². The van der Waals surface area contributed by atoms with Crippen LogP contribution in [0.2, 0.25) is 0 Å². The molecule has 2 unspecified atom stereocenters. The van der Waals surface area contributed by atoms with E-state index in [0.29, 0.717) is 16.7 Å². The van der Waals surface area contributed by atoms with Crippen LogP contribution in [0.1, 0.15) is 18.3 Å². The van der Waals surface area contributed by atoms with Crippen molar-refractivity contribution in [1.29, 1.82) is 0 Å². The lowest BCUT2D eigenvalue weighted by Crippen LogP contribution is -2.11. The monoisotopic (exact) mass is 341 g/mol. The van der Waals surface area contributed by atoms with Gasteiger partial charge in [0.25, 0.3) is 0 Å². The molecule has 2 atom stereocenters. The van der Waals surface area contributed by atoms with E-state index in [1.165, 1.54) is 19.3 Å². The summed E-state index contributed by atoms with van der Waals surface area (Å²) < 4.78 is 53.5. The summed E-state index contributed by atoms with van der Waals surface area (Å²) in [6.07, 6.45) is -0.714. The number of benzene rings is 1. The third kappa shape index (κ3) is 3.06. The van der Waals surface area contributed by atoms with Crippen molar-refractivity contribution in [3.63, 3.8) is 0 Å². The van der Waals surface area contributed by atoms with E-state index >= 15 is 0 Å². The van der Waals surface area contributed by atoms with Crippen LogP contribution in [0.15, 0.2) is 42.9 Å². The second kappa shape index (κ2) is 5.27. The fourth-order valence-corrected chi connectivity index (χ4v) is 2.42. The average molecular weight is 341 g/mol. The molecule has 3 nitrogen and oxygen atoms in total. The maximum atomic E-state index is 13.8. The van der Waals surface area contributed by atoms with Gasteiger partial charge in [0.15, 0.2) is 5.65 Å². The van der Waals surface area contributed by atoms with Crippen LogP contribution in [0.5, 0.6) is 0 Å². The van der Waals surface area contributed by atoms with Gasteiger partial charge in [-0.15, -0.1) is 0 Å². The van der Waals surface area contributed by atoms with Crippen LogP contribution in [0.3, 0.4) is 0 Å². The van der Waals surface area contributed by atoms with Crippen molar-refractivity contribution >= 4 is 14.9 Å². The Balaban J connectivity index is 2.07. The molecule has 8 heteroatoms. The first-order valence-electron chi connectivity index (χ1n) is 6.65. The quantitative estimate of drug-likeness (QED) is 0.510. The summed E-state index contributed by atoms with van der Waals surface area (Å²) in [6, 6.07) is 6.46. The molecule has 0 bridgehead atoms. The molecule has 3 aromatic rings. The van der Waals surface area contributed by atoms with Crippen molar-refractivity contribution in [1.82, 2.24) is 14.4 Å². The Hall–Kier alpha value is -2.01. The molecule has 2 aromatic heterocycles. The summed E-state index contributed by atoms with van der Waals surface area (Å²) in [7, 11) is 2.09. The molecule has 0 radical (unpaired) electrons. The third-order valence-corrected chi connectivity index (χ3v) is 3.75. The molecule has 0 N–H and O–H groups in total. The van der Waals surface area contributed by atoms with Gasteiger partial charge in [-0.2, -0.15) is 13.2 Å². The third-order valence-electron chi connectivity index (χ3n) is 3.42. The maximum Gasteiger partial charge on any atom is 0.450 e. The number of alkyl halides is 4. The number of imidazole rings is 1. The molecule has 0 aliphatic carbocycles. The van der Waals surface area contributed by atoms with Gasteiger partial charge in [-0.05, 0) is 18.1 Å². The fourth-order valence-electron chi connectivity index (χ4n) is 2.23. The van der Waals surface area contributed by atoms with Gasteiger partial charge in [-0.25, -0.2) is 14.4 Å². The average Bonchev–Trinajstić information content (AvgIpc) is 2.89. The number of nitrogens with zero attached hydrogens (tertiary/aromatic N) is 3. The molecule has 23 heavy (non-hydrogen) atoms. The van der Waals surface area contributed by atoms with Gasteiger partial charge in [0.1, 0.15) is 5.41 Å². The molecule has 0 saturated carbocycles. The zero-order chi connectivity index (χ0) is 16.8. The summed E-state index contributed by atoms with van der Waals surface area (Å²) in [5, 5.41) is -1.56. The van der Waals surface area contributed by atoms with Crippen LogP contribution >= 0.6 is 9.24 Å². The molecule has 2 heterocycles. The summed E-state index contributed by atoms with van der Waals surface area (Å²) >= 11 is 0.